The van der Waals surface area contributed by atoms with Crippen LogP contribution in [0.1, 0.15) is 18.1 Å². The van der Waals surface area contributed by atoms with Crippen LogP contribution in [0.25, 0.3) is 0 Å². The number of hydrogen-bond donors (Lipinski definition) is 3. The number of carbonyl (C=O) groups excluding carboxylic acids is 1. The first-order valence-corrected chi connectivity index (χ1v) is 4.15. The summed E-state index contributed by atoms with van der Waals surface area (Å²) in [7, 11) is 0. The van der Waals surface area contributed by atoms with Crippen molar-refractivity contribution in [3.05, 3.63) is 30.1 Å². The van der Waals surface area contributed by atoms with Gasteiger partial charge in [-0.1, -0.05) is 6.07 Å². The van der Waals surface area contributed by atoms with Gasteiger partial charge in [-0.3, -0.25) is 9.78 Å². The molecule has 0 aromatic carbocycles. The first kappa shape index (κ1) is 10.6. The average molecular weight is 196 g/mol. The molecule has 0 spiro atoms. The van der Waals surface area contributed by atoms with Crippen molar-refractivity contribution in [2.45, 2.75) is 18.6 Å². The molecule has 0 aliphatic rings. The van der Waals surface area contributed by atoms with Gasteiger partial charge in [0, 0.05) is 18.0 Å². The molecule has 1 rings (SSSR count). The van der Waals surface area contributed by atoms with Crippen LogP contribution < -0.4 is 5.73 Å². The lowest BCUT2D eigenvalue weighted by atomic mass is 10.0. The highest BCUT2D eigenvalue weighted by atomic mass is 16.3. The van der Waals surface area contributed by atoms with Crippen LogP contribution in [0.5, 0.6) is 0 Å². The second-order valence-electron chi connectivity index (χ2n) is 2.97. The van der Waals surface area contributed by atoms with E-state index >= 15 is 0 Å². The molecule has 0 bridgehead atoms. The first-order valence-electron chi connectivity index (χ1n) is 4.15. The number of aliphatic hydroxyl groups excluding tert-OH is 2. The number of nitrogens with two attached hydrogens (primary N) is 1. The summed E-state index contributed by atoms with van der Waals surface area (Å²) < 4.78 is 0. The van der Waals surface area contributed by atoms with Gasteiger partial charge in [-0.2, -0.15) is 0 Å². The van der Waals surface area contributed by atoms with Crippen molar-refractivity contribution in [1.82, 2.24) is 4.98 Å². The topological polar surface area (TPSA) is 96.4 Å². The first-order chi connectivity index (χ1) is 6.61. The number of aromatic nitrogens is 1. The summed E-state index contributed by atoms with van der Waals surface area (Å²) in [5.41, 5.74) is 5.34. The number of hydrogen-bond acceptors (Lipinski definition) is 4. The van der Waals surface area contributed by atoms with Crippen molar-refractivity contribution >= 4 is 5.91 Å². The normalized spacial score (nSPS) is 14.7. The highest BCUT2D eigenvalue weighted by Gasteiger charge is 2.19. The minimum atomic E-state index is -1.18. The summed E-state index contributed by atoms with van der Waals surface area (Å²) in [6.45, 7) is 0. The predicted molar refractivity (Wildman–Crippen MR) is 49.0 cm³/mol. The van der Waals surface area contributed by atoms with E-state index in [-0.39, 0.29) is 6.42 Å². The van der Waals surface area contributed by atoms with Crippen LogP contribution in [-0.2, 0) is 4.79 Å². The molecule has 0 radical (unpaired) electrons. The molecule has 1 aromatic rings. The molecule has 4 N–H and O–H groups in total. The molecular weight excluding hydrogens is 184 g/mol. The summed E-state index contributed by atoms with van der Waals surface area (Å²) in [6, 6.07) is 3.25. The van der Waals surface area contributed by atoms with E-state index in [4.69, 9.17) is 5.73 Å². The maximum absolute atomic E-state index is 10.5. The fraction of sp³-hybridized carbons (Fsp3) is 0.333. The van der Waals surface area contributed by atoms with E-state index in [9.17, 15) is 15.0 Å². The van der Waals surface area contributed by atoms with Crippen molar-refractivity contribution in [3.8, 4) is 0 Å². The van der Waals surface area contributed by atoms with Gasteiger partial charge in [0.2, 0.25) is 5.91 Å². The monoisotopic (exact) mass is 196 g/mol. The zero-order chi connectivity index (χ0) is 10.6. The Balaban J connectivity index is 2.65. The van der Waals surface area contributed by atoms with E-state index in [0.29, 0.717) is 5.56 Å². The van der Waals surface area contributed by atoms with Gasteiger partial charge in [0.25, 0.3) is 0 Å². The van der Waals surface area contributed by atoms with E-state index in [1.165, 1.54) is 6.20 Å². The molecule has 1 heterocycles. The standard InChI is InChI=1S/C9H12N2O3/c10-8(13)4-7(12)9(14)6-2-1-3-11-5-6/h1-3,5,7,9,12,14H,4H2,(H2,10,13). The molecule has 0 saturated carbocycles. The average Bonchev–Trinajstić information content (AvgIpc) is 2.17. The third-order valence-corrected chi connectivity index (χ3v) is 1.80. The third-order valence-electron chi connectivity index (χ3n) is 1.80. The summed E-state index contributed by atoms with van der Waals surface area (Å²) in [5, 5.41) is 18.9. The van der Waals surface area contributed by atoms with E-state index in [1.54, 1.807) is 18.3 Å². The fourth-order valence-corrected chi connectivity index (χ4v) is 1.09. The van der Waals surface area contributed by atoms with Gasteiger partial charge in [-0.25, -0.2) is 0 Å². The van der Waals surface area contributed by atoms with Gasteiger partial charge in [0.05, 0.1) is 12.5 Å². The summed E-state index contributed by atoms with van der Waals surface area (Å²) in [4.78, 5) is 14.3. The molecule has 0 saturated heterocycles. The number of rotatable bonds is 4. The molecule has 5 nitrogen and oxygen atoms in total. The molecular formula is C9H12N2O3. The van der Waals surface area contributed by atoms with Gasteiger partial charge < -0.3 is 15.9 Å². The Labute approximate surface area is 81.2 Å². The van der Waals surface area contributed by atoms with Crippen molar-refractivity contribution in [2.24, 2.45) is 5.73 Å². The molecule has 2 unspecified atom stereocenters. The lowest BCUT2D eigenvalue weighted by Gasteiger charge is -2.15. The Bertz CT molecular complexity index is 302. The zero-order valence-corrected chi connectivity index (χ0v) is 7.50. The Morgan fingerprint density at radius 3 is 2.79 bits per heavy atom. The van der Waals surface area contributed by atoms with E-state index in [2.05, 4.69) is 4.98 Å². The number of amides is 1. The minimum absolute atomic E-state index is 0.268. The van der Waals surface area contributed by atoms with E-state index < -0.39 is 18.1 Å². The highest BCUT2D eigenvalue weighted by molar-refractivity contribution is 5.74. The van der Waals surface area contributed by atoms with Crippen LogP contribution >= 0.6 is 0 Å². The number of pyridine rings is 1. The van der Waals surface area contributed by atoms with Crippen LogP contribution in [0.2, 0.25) is 0 Å². The molecule has 1 aromatic heterocycles. The minimum Gasteiger partial charge on any atom is -0.390 e. The number of nitrogens with zero attached hydrogens (tertiary/aromatic N) is 1. The van der Waals surface area contributed by atoms with Crippen LogP contribution in [-0.4, -0.2) is 27.2 Å². The fourth-order valence-electron chi connectivity index (χ4n) is 1.09. The Morgan fingerprint density at radius 2 is 2.29 bits per heavy atom. The van der Waals surface area contributed by atoms with Gasteiger partial charge in [0.15, 0.2) is 0 Å². The van der Waals surface area contributed by atoms with Gasteiger partial charge in [0.1, 0.15) is 6.10 Å². The highest BCUT2D eigenvalue weighted by Crippen LogP contribution is 2.17. The van der Waals surface area contributed by atoms with Gasteiger partial charge >= 0.3 is 0 Å². The predicted octanol–water partition coefficient (Wildman–Crippen LogP) is -0.649. The number of carbonyl (C=O) groups is 1. The van der Waals surface area contributed by atoms with Crippen molar-refractivity contribution in [2.75, 3.05) is 0 Å². The lowest BCUT2D eigenvalue weighted by Crippen LogP contribution is -2.25. The Hall–Kier alpha value is -1.46. The SMILES string of the molecule is NC(=O)CC(O)C(O)c1cccnc1. The molecule has 2 atom stereocenters. The number of primary amides is 1. The molecule has 0 aliphatic heterocycles. The van der Waals surface area contributed by atoms with E-state index in [0.717, 1.165) is 0 Å². The maximum atomic E-state index is 10.5. The lowest BCUT2D eigenvalue weighted by molar-refractivity contribution is -0.121. The van der Waals surface area contributed by atoms with Crippen molar-refractivity contribution in [1.29, 1.82) is 0 Å². The van der Waals surface area contributed by atoms with Crippen LogP contribution in [0.15, 0.2) is 24.5 Å². The summed E-state index contributed by atoms with van der Waals surface area (Å²) >= 11 is 0. The van der Waals surface area contributed by atoms with Crippen molar-refractivity contribution < 1.29 is 15.0 Å². The second-order valence-corrected chi connectivity index (χ2v) is 2.97. The molecule has 1 amide bonds. The smallest absolute Gasteiger partial charge is 0.220 e. The van der Waals surface area contributed by atoms with E-state index in [1.807, 2.05) is 0 Å². The molecule has 0 aliphatic carbocycles. The van der Waals surface area contributed by atoms with Gasteiger partial charge in [-0.05, 0) is 6.07 Å². The quantitative estimate of drug-likeness (QED) is 0.596. The third kappa shape index (κ3) is 2.79. The van der Waals surface area contributed by atoms with Crippen LogP contribution in [0, 0.1) is 0 Å². The second kappa shape index (κ2) is 4.69. The molecule has 14 heavy (non-hydrogen) atoms. The summed E-state index contributed by atoms with van der Waals surface area (Å²) in [6.07, 6.45) is 0.398. The van der Waals surface area contributed by atoms with Crippen LogP contribution in [0.4, 0.5) is 0 Å². The Kier molecular flexibility index (Phi) is 3.55. The van der Waals surface area contributed by atoms with Gasteiger partial charge in [-0.15, -0.1) is 0 Å². The van der Waals surface area contributed by atoms with Crippen molar-refractivity contribution in [3.63, 3.8) is 0 Å². The maximum Gasteiger partial charge on any atom is 0.220 e. The summed E-state index contributed by atoms with van der Waals surface area (Å²) in [5.74, 6) is -0.652. The number of aliphatic hydroxyl groups is 2. The van der Waals surface area contributed by atoms with Crippen LogP contribution in [0.3, 0.4) is 0 Å². The largest absolute Gasteiger partial charge is 0.390 e. The molecule has 0 fully saturated rings. The zero-order valence-electron chi connectivity index (χ0n) is 7.50. The Morgan fingerprint density at radius 1 is 1.57 bits per heavy atom. The molecule has 76 valence electrons. The molecule has 5 heteroatoms.